The third-order valence-corrected chi connectivity index (χ3v) is 4.36. The molecule has 0 radical (unpaired) electrons. The van der Waals surface area contributed by atoms with E-state index in [-0.39, 0.29) is 19.4 Å². The number of amides is 3. The first kappa shape index (κ1) is 21.4. The third-order valence-electron chi connectivity index (χ3n) is 4.36. The highest BCUT2D eigenvalue weighted by atomic mass is 16.7. The quantitative estimate of drug-likeness (QED) is 0.743. The van der Waals surface area contributed by atoms with Crippen LogP contribution in [0, 0.1) is 0 Å². The van der Waals surface area contributed by atoms with E-state index >= 15 is 0 Å². The van der Waals surface area contributed by atoms with Gasteiger partial charge in [-0.2, -0.15) is 9.96 Å². The fourth-order valence-electron chi connectivity index (χ4n) is 3.50. The van der Waals surface area contributed by atoms with Crippen molar-refractivity contribution in [3.8, 4) is 0 Å². The number of ether oxygens (including phenoxy) is 2. The van der Waals surface area contributed by atoms with Crippen molar-refractivity contribution in [3.63, 3.8) is 0 Å². The van der Waals surface area contributed by atoms with Gasteiger partial charge in [-0.15, -0.1) is 0 Å². The largest absolute Gasteiger partial charge is 0.464 e. The molecule has 154 valence electrons. The van der Waals surface area contributed by atoms with Crippen LogP contribution in [0.2, 0.25) is 0 Å². The van der Waals surface area contributed by atoms with Gasteiger partial charge in [0.2, 0.25) is 5.54 Å². The zero-order chi connectivity index (χ0) is 20.8. The molecule has 3 amide bonds. The van der Waals surface area contributed by atoms with Gasteiger partial charge in [0, 0.05) is 0 Å². The Morgan fingerprint density at radius 2 is 1.70 bits per heavy atom. The summed E-state index contributed by atoms with van der Waals surface area (Å²) in [7, 11) is 0. The molecule has 2 fully saturated rings. The highest BCUT2D eigenvalue weighted by Crippen LogP contribution is 2.53. The van der Waals surface area contributed by atoms with E-state index in [0.29, 0.717) is 11.3 Å². The van der Waals surface area contributed by atoms with Crippen molar-refractivity contribution in [1.82, 2.24) is 9.96 Å². The minimum absolute atomic E-state index is 0.0147. The molecule has 0 unspecified atom stereocenters. The van der Waals surface area contributed by atoms with Crippen LogP contribution in [0.5, 0.6) is 0 Å². The van der Waals surface area contributed by atoms with E-state index in [4.69, 9.17) is 14.3 Å². The summed E-state index contributed by atoms with van der Waals surface area (Å²) in [5.41, 5.74) is -5.71. The van der Waals surface area contributed by atoms with Crippen molar-refractivity contribution in [2.24, 2.45) is 0 Å². The van der Waals surface area contributed by atoms with Crippen molar-refractivity contribution in [2.45, 2.75) is 90.2 Å². The van der Waals surface area contributed by atoms with Gasteiger partial charge in [-0.25, -0.2) is 14.4 Å². The first-order chi connectivity index (χ1) is 12.2. The number of nitrogens with zero attached hydrogens (tertiary/aromatic N) is 2. The second-order valence-electron chi connectivity index (χ2n) is 8.85. The summed E-state index contributed by atoms with van der Waals surface area (Å²) < 4.78 is 10.5. The Balaban J connectivity index is 2.58. The van der Waals surface area contributed by atoms with Gasteiger partial charge in [0.15, 0.2) is 5.72 Å². The van der Waals surface area contributed by atoms with E-state index in [1.807, 2.05) is 0 Å². The summed E-state index contributed by atoms with van der Waals surface area (Å²) in [5, 5.41) is 12.2. The number of hydrogen-bond acceptors (Lipinski definition) is 7. The average Bonchev–Trinajstić information content (AvgIpc) is 2.87. The second-order valence-corrected chi connectivity index (χ2v) is 8.85. The molecule has 27 heavy (non-hydrogen) atoms. The third kappa shape index (κ3) is 3.50. The molecule has 0 spiro atoms. The lowest BCUT2D eigenvalue weighted by Gasteiger charge is -2.40. The van der Waals surface area contributed by atoms with E-state index in [0.717, 1.165) is 5.06 Å². The Hall–Kier alpha value is -1.87. The summed E-state index contributed by atoms with van der Waals surface area (Å²) in [6.07, 6.45) is -0.526. The number of imide groups is 1. The summed E-state index contributed by atoms with van der Waals surface area (Å²) in [4.78, 5) is 45.1. The predicted octanol–water partition coefficient (Wildman–Crippen LogP) is 2.56. The lowest BCUT2D eigenvalue weighted by atomic mass is 9.90. The molecule has 2 aliphatic rings. The maximum Gasteiger partial charge on any atom is 0.421 e. The summed E-state index contributed by atoms with van der Waals surface area (Å²) in [6.45, 7) is 11.7. The summed E-state index contributed by atoms with van der Waals surface area (Å²) >= 11 is 0. The summed E-state index contributed by atoms with van der Waals surface area (Å²) in [5.74, 6) is -0.811. The molecule has 0 aromatic heterocycles. The normalized spacial score (nSPS) is 28.4. The topological polar surface area (TPSA) is 106 Å². The second kappa shape index (κ2) is 6.63. The molecule has 2 rings (SSSR count). The van der Waals surface area contributed by atoms with Gasteiger partial charge in [0.05, 0.1) is 12.2 Å². The van der Waals surface area contributed by atoms with E-state index in [1.54, 1.807) is 48.5 Å². The number of esters is 1. The van der Waals surface area contributed by atoms with Crippen LogP contribution in [-0.4, -0.2) is 62.2 Å². The number of carbonyl (C=O) groups is 3. The predicted molar refractivity (Wildman–Crippen MR) is 94.3 cm³/mol. The fourth-order valence-corrected chi connectivity index (χ4v) is 3.50. The molecule has 1 N–H and O–H groups in total. The van der Waals surface area contributed by atoms with E-state index in [1.165, 1.54) is 0 Å². The lowest BCUT2D eigenvalue weighted by molar-refractivity contribution is -0.257. The van der Waals surface area contributed by atoms with Crippen LogP contribution in [0.4, 0.5) is 9.59 Å². The van der Waals surface area contributed by atoms with Gasteiger partial charge in [-0.05, 0) is 67.7 Å². The SMILES string of the molecule is CCOC(=O)[C@]12CCC[C@@]1(O)N(C(=O)OC(C)(C)C)C(=O)N2OC(C)(C)C. The first-order valence-electron chi connectivity index (χ1n) is 9.16. The van der Waals surface area contributed by atoms with Gasteiger partial charge in [0.1, 0.15) is 5.60 Å². The number of hydrogen-bond donors (Lipinski definition) is 1. The molecule has 1 aliphatic heterocycles. The zero-order valence-corrected chi connectivity index (χ0v) is 17.1. The molecule has 0 bridgehead atoms. The monoisotopic (exact) mass is 386 g/mol. The van der Waals surface area contributed by atoms with Gasteiger partial charge in [0.25, 0.3) is 0 Å². The van der Waals surface area contributed by atoms with Crippen LogP contribution in [0.3, 0.4) is 0 Å². The minimum atomic E-state index is -2.12. The molecule has 9 nitrogen and oxygen atoms in total. The highest BCUT2D eigenvalue weighted by Gasteiger charge is 2.77. The molecule has 1 saturated heterocycles. The Morgan fingerprint density at radius 3 is 2.19 bits per heavy atom. The fraction of sp³-hybridized carbons (Fsp3) is 0.833. The highest BCUT2D eigenvalue weighted by molar-refractivity contribution is 6.00. The Bertz CT molecular complexity index is 637. The minimum Gasteiger partial charge on any atom is -0.464 e. The van der Waals surface area contributed by atoms with Gasteiger partial charge < -0.3 is 14.6 Å². The van der Waals surface area contributed by atoms with Gasteiger partial charge in [-0.1, -0.05) is 0 Å². The van der Waals surface area contributed by atoms with Crippen molar-refractivity contribution < 1.29 is 33.8 Å². The van der Waals surface area contributed by atoms with Crippen LogP contribution in [-0.2, 0) is 19.1 Å². The molecule has 9 heteroatoms. The molecule has 1 heterocycles. The number of carbonyl (C=O) groups excluding carboxylic acids is 3. The smallest absolute Gasteiger partial charge is 0.421 e. The Labute approximate surface area is 159 Å². The number of fused-ring (bicyclic) bond motifs is 1. The van der Waals surface area contributed by atoms with Crippen molar-refractivity contribution in [1.29, 1.82) is 0 Å². The molecular formula is C18H30N2O7. The summed E-state index contributed by atoms with van der Waals surface area (Å²) in [6, 6.07) is -0.950. The average molecular weight is 386 g/mol. The number of hydroxylamine groups is 2. The number of rotatable bonds is 3. The van der Waals surface area contributed by atoms with E-state index in [9.17, 15) is 19.5 Å². The first-order valence-corrected chi connectivity index (χ1v) is 9.16. The van der Waals surface area contributed by atoms with Crippen molar-refractivity contribution >= 4 is 18.1 Å². The van der Waals surface area contributed by atoms with Crippen molar-refractivity contribution in [2.75, 3.05) is 6.61 Å². The van der Waals surface area contributed by atoms with Crippen LogP contribution in [0.1, 0.15) is 67.7 Å². The molecule has 1 saturated carbocycles. The van der Waals surface area contributed by atoms with E-state index in [2.05, 4.69) is 0 Å². The number of aliphatic hydroxyl groups is 1. The Morgan fingerprint density at radius 1 is 1.11 bits per heavy atom. The van der Waals surface area contributed by atoms with Crippen molar-refractivity contribution in [3.05, 3.63) is 0 Å². The van der Waals surface area contributed by atoms with E-state index < -0.39 is 40.6 Å². The maximum absolute atomic E-state index is 13.1. The molecule has 2 atom stereocenters. The molecule has 0 aromatic carbocycles. The Kier molecular flexibility index (Phi) is 5.26. The zero-order valence-electron chi connectivity index (χ0n) is 17.1. The van der Waals surface area contributed by atoms with Crippen LogP contribution >= 0.6 is 0 Å². The maximum atomic E-state index is 13.1. The van der Waals surface area contributed by atoms with Crippen LogP contribution in [0.15, 0.2) is 0 Å². The molecule has 1 aliphatic carbocycles. The van der Waals surface area contributed by atoms with Gasteiger partial charge in [-0.3, -0.25) is 4.84 Å². The van der Waals surface area contributed by atoms with Gasteiger partial charge >= 0.3 is 18.1 Å². The number of urea groups is 1. The lowest BCUT2D eigenvalue weighted by Crippen LogP contribution is -2.64. The van der Waals surface area contributed by atoms with Crippen LogP contribution in [0.25, 0.3) is 0 Å². The van der Waals surface area contributed by atoms with Crippen LogP contribution < -0.4 is 0 Å². The standard InChI is InChI=1S/C18H30N2O7/c1-8-25-12(21)17-10-9-11-18(17,24)19(14(23)26-15(2,3)4)13(22)20(17)27-16(5,6)7/h24H,8-11H2,1-7H3/t17-,18+/m1/s1. The molecule has 0 aromatic rings. The molecular weight excluding hydrogens is 356 g/mol.